The molecule has 1 N–H and O–H groups in total. The molecule has 1 aliphatic heterocycles. The number of hydrogen-bond donors (Lipinski definition) is 1. The lowest BCUT2D eigenvalue weighted by Gasteiger charge is -2.29. The van der Waals surface area contributed by atoms with Crippen molar-refractivity contribution >= 4 is 33.3 Å². The summed E-state index contributed by atoms with van der Waals surface area (Å²) in [6, 6.07) is 7.36. The number of hydrogen-bond acceptors (Lipinski definition) is 7. The minimum absolute atomic E-state index is 0.0471. The van der Waals surface area contributed by atoms with Gasteiger partial charge in [0.05, 0.1) is 23.3 Å². The molecule has 2 heterocycles. The minimum Gasteiger partial charge on any atom is -0.459 e. The van der Waals surface area contributed by atoms with Crippen molar-refractivity contribution < 1.29 is 32.0 Å². The van der Waals surface area contributed by atoms with Gasteiger partial charge < -0.3 is 19.4 Å². The van der Waals surface area contributed by atoms with Crippen LogP contribution >= 0.6 is 0 Å². The first-order valence-corrected chi connectivity index (χ1v) is 12.1. The molecular formula is C22H26N2O7S. The molecular weight excluding hydrogens is 436 g/mol. The van der Waals surface area contributed by atoms with E-state index in [9.17, 15) is 22.8 Å². The standard InChI is InChI=1S/C22H26N2O7S/c1-4-24(17-9-11-32(28,29)13-17)21(26)15(3)31-22(27)16-8-7-14(2)18(12-16)23-20(25)19-6-5-10-30-19/h5-8,10,12,15,17H,4,9,11,13H2,1-3H3,(H,23,25). The quantitative estimate of drug-likeness (QED) is 0.627. The Bertz CT molecular complexity index is 1110. The van der Waals surface area contributed by atoms with Crippen molar-refractivity contribution in [3.63, 3.8) is 0 Å². The molecule has 32 heavy (non-hydrogen) atoms. The van der Waals surface area contributed by atoms with Crippen molar-refractivity contribution in [2.75, 3.05) is 23.4 Å². The van der Waals surface area contributed by atoms with Crippen LogP contribution < -0.4 is 5.32 Å². The molecule has 0 spiro atoms. The second kappa shape index (κ2) is 9.56. The van der Waals surface area contributed by atoms with Gasteiger partial charge >= 0.3 is 5.97 Å². The molecule has 0 bridgehead atoms. The van der Waals surface area contributed by atoms with Crippen LogP contribution in [0, 0.1) is 6.92 Å². The van der Waals surface area contributed by atoms with Gasteiger partial charge in [-0.25, -0.2) is 13.2 Å². The lowest BCUT2D eigenvalue weighted by Crippen LogP contribution is -2.46. The number of sulfone groups is 1. The van der Waals surface area contributed by atoms with Gasteiger partial charge in [0, 0.05) is 18.3 Å². The Labute approximate surface area is 186 Å². The molecule has 0 radical (unpaired) electrons. The van der Waals surface area contributed by atoms with Gasteiger partial charge in [-0.15, -0.1) is 0 Å². The Kier molecular flexibility index (Phi) is 7.02. The maximum atomic E-state index is 12.8. The van der Waals surface area contributed by atoms with Gasteiger partial charge in [-0.3, -0.25) is 9.59 Å². The first-order valence-electron chi connectivity index (χ1n) is 10.3. The average Bonchev–Trinajstić information content (AvgIpc) is 3.40. The molecule has 2 aromatic rings. The number of esters is 1. The number of ether oxygens (including phenoxy) is 1. The van der Waals surface area contributed by atoms with Gasteiger partial charge in [-0.05, 0) is 57.0 Å². The fourth-order valence-electron chi connectivity index (χ4n) is 3.60. The summed E-state index contributed by atoms with van der Waals surface area (Å²) in [6.07, 6.45) is 0.668. The van der Waals surface area contributed by atoms with E-state index in [-0.39, 0.29) is 22.8 Å². The monoisotopic (exact) mass is 462 g/mol. The lowest BCUT2D eigenvalue weighted by atomic mass is 10.1. The summed E-state index contributed by atoms with van der Waals surface area (Å²) in [6.45, 7) is 5.30. The third-order valence-corrected chi connectivity index (χ3v) is 7.12. The van der Waals surface area contributed by atoms with Crippen LogP contribution in [0.2, 0.25) is 0 Å². The Morgan fingerprint density at radius 2 is 2.03 bits per heavy atom. The van der Waals surface area contributed by atoms with Crippen molar-refractivity contribution in [1.82, 2.24) is 4.90 Å². The minimum atomic E-state index is -3.15. The first-order chi connectivity index (χ1) is 15.1. The van der Waals surface area contributed by atoms with Gasteiger partial charge in [0.15, 0.2) is 21.7 Å². The van der Waals surface area contributed by atoms with Gasteiger partial charge in [-0.1, -0.05) is 6.07 Å². The van der Waals surface area contributed by atoms with Crippen LogP contribution in [0.4, 0.5) is 5.69 Å². The lowest BCUT2D eigenvalue weighted by molar-refractivity contribution is -0.141. The summed E-state index contributed by atoms with van der Waals surface area (Å²) in [5.41, 5.74) is 1.30. The summed E-state index contributed by atoms with van der Waals surface area (Å²) in [7, 11) is -3.15. The van der Waals surface area contributed by atoms with E-state index in [1.807, 2.05) is 0 Å². The van der Waals surface area contributed by atoms with E-state index in [0.717, 1.165) is 5.56 Å². The second-order valence-electron chi connectivity index (χ2n) is 7.69. The number of nitrogens with one attached hydrogen (secondary N) is 1. The number of amides is 2. The average molecular weight is 463 g/mol. The summed E-state index contributed by atoms with van der Waals surface area (Å²) < 4.78 is 34.0. The van der Waals surface area contributed by atoms with E-state index in [1.165, 1.54) is 30.2 Å². The highest BCUT2D eigenvalue weighted by Gasteiger charge is 2.36. The number of anilines is 1. The molecule has 2 amide bonds. The van der Waals surface area contributed by atoms with Gasteiger partial charge in [0.25, 0.3) is 11.8 Å². The van der Waals surface area contributed by atoms with Gasteiger partial charge in [0.2, 0.25) is 0 Å². The summed E-state index contributed by atoms with van der Waals surface area (Å²) >= 11 is 0. The van der Waals surface area contributed by atoms with E-state index in [2.05, 4.69) is 5.32 Å². The van der Waals surface area contributed by atoms with Crippen molar-refractivity contribution in [2.45, 2.75) is 39.3 Å². The highest BCUT2D eigenvalue weighted by atomic mass is 32.2. The fourth-order valence-corrected chi connectivity index (χ4v) is 5.33. The number of rotatable bonds is 7. The van der Waals surface area contributed by atoms with Gasteiger partial charge in [0.1, 0.15) is 0 Å². The predicted molar refractivity (Wildman–Crippen MR) is 117 cm³/mol. The number of aryl methyl sites for hydroxylation is 1. The van der Waals surface area contributed by atoms with Crippen LogP contribution in [0.5, 0.6) is 0 Å². The van der Waals surface area contributed by atoms with Crippen LogP contribution in [-0.2, 0) is 19.4 Å². The third kappa shape index (κ3) is 5.37. The molecule has 1 aromatic carbocycles. The first kappa shape index (κ1) is 23.5. The molecule has 2 atom stereocenters. The Morgan fingerprint density at radius 1 is 1.28 bits per heavy atom. The van der Waals surface area contributed by atoms with E-state index in [0.29, 0.717) is 18.7 Å². The van der Waals surface area contributed by atoms with Crippen molar-refractivity contribution in [1.29, 1.82) is 0 Å². The zero-order valence-corrected chi connectivity index (χ0v) is 19.0. The topological polar surface area (TPSA) is 123 Å². The molecule has 1 saturated heterocycles. The zero-order chi connectivity index (χ0) is 23.5. The molecule has 3 rings (SSSR count). The number of carbonyl (C=O) groups excluding carboxylic acids is 3. The smallest absolute Gasteiger partial charge is 0.338 e. The number of nitrogens with zero attached hydrogens (tertiary/aromatic N) is 1. The summed E-state index contributed by atoms with van der Waals surface area (Å²) in [4.78, 5) is 39.2. The summed E-state index contributed by atoms with van der Waals surface area (Å²) in [5, 5.41) is 2.68. The highest BCUT2D eigenvalue weighted by Crippen LogP contribution is 2.21. The Hall–Kier alpha value is -3.14. The second-order valence-corrected chi connectivity index (χ2v) is 9.92. The van der Waals surface area contributed by atoms with Crippen LogP contribution in [-0.4, -0.2) is 61.3 Å². The Balaban J connectivity index is 1.68. The van der Waals surface area contributed by atoms with Gasteiger partial charge in [-0.2, -0.15) is 0 Å². The maximum Gasteiger partial charge on any atom is 0.338 e. The number of furan rings is 1. The van der Waals surface area contributed by atoms with Crippen molar-refractivity contribution in [2.24, 2.45) is 0 Å². The molecule has 1 aliphatic rings. The van der Waals surface area contributed by atoms with Crippen LogP contribution in [0.1, 0.15) is 46.7 Å². The zero-order valence-electron chi connectivity index (χ0n) is 18.2. The van der Waals surface area contributed by atoms with Crippen molar-refractivity contribution in [3.8, 4) is 0 Å². The summed E-state index contributed by atoms with van der Waals surface area (Å²) in [5.74, 6) is -1.53. The molecule has 9 nitrogen and oxygen atoms in total. The molecule has 172 valence electrons. The molecule has 1 aromatic heterocycles. The fraction of sp³-hybridized carbons (Fsp3) is 0.409. The molecule has 0 saturated carbocycles. The SMILES string of the molecule is CCN(C(=O)C(C)OC(=O)c1ccc(C)c(NC(=O)c2ccco2)c1)C1CCS(=O)(=O)C1. The Morgan fingerprint density at radius 3 is 2.62 bits per heavy atom. The maximum absolute atomic E-state index is 12.8. The highest BCUT2D eigenvalue weighted by molar-refractivity contribution is 7.91. The molecule has 0 aliphatic carbocycles. The molecule has 2 unspecified atom stereocenters. The van der Waals surface area contributed by atoms with Crippen LogP contribution in [0.3, 0.4) is 0 Å². The van der Waals surface area contributed by atoms with E-state index in [1.54, 1.807) is 32.0 Å². The predicted octanol–water partition coefficient (Wildman–Crippen LogP) is 2.42. The molecule has 10 heteroatoms. The number of likely N-dealkylation sites (N-methyl/N-ethyl adjacent to an activating group) is 1. The number of benzene rings is 1. The largest absolute Gasteiger partial charge is 0.459 e. The van der Waals surface area contributed by atoms with E-state index >= 15 is 0 Å². The van der Waals surface area contributed by atoms with Crippen molar-refractivity contribution in [3.05, 3.63) is 53.5 Å². The van der Waals surface area contributed by atoms with Crippen LogP contribution in [0.15, 0.2) is 41.0 Å². The number of carbonyl (C=O) groups is 3. The normalized spacial score (nSPS) is 18.0. The third-order valence-electron chi connectivity index (χ3n) is 5.37. The van der Waals surface area contributed by atoms with Crippen LogP contribution in [0.25, 0.3) is 0 Å². The van der Waals surface area contributed by atoms with E-state index in [4.69, 9.17) is 9.15 Å². The molecule has 1 fully saturated rings. The van der Waals surface area contributed by atoms with E-state index < -0.39 is 39.8 Å².